The SMILES string of the molecule is COCCN1CCN(C(=O)c2c(F)ccc(O)c2F)CC1=O. The first kappa shape index (κ1) is 16.2. The van der Waals surface area contributed by atoms with E-state index in [1.165, 1.54) is 12.0 Å². The number of phenolic OH excluding ortho intramolecular Hbond substituents is 1. The third-order valence-corrected chi connectivity index (χ3v) is 3.46. The first-order valence-corrected chi connectivity index (χ1v) is 6.68. The lowest BCUT2D eigenvalue weighted by Gasteiger charge is -2.34. The van der Waals surface area contributed by atoms with Gasteiger partial charge in [-0.25, -0.2) is 8.78 Å². The number of halogens is 2. The van der Waals surface area contributed by atoms with Gasteiger partial charge in [-0.05, 0) is 12.1 Å². The normalized spacial score (nSPS) is 15.3. The van der Waals surface area contributed by atoms with Crippen molar-refractivity contribution < 1.29 is 28.2 Å². The Labute approximate surface area is 125 Å². The molecule has 1 aliphatic heterocycles. The van der Waals surface area contributed by atoms with Crippen molar-refractivity contribution in [1.82, 2.24) is 9.80 Å². The molecular formula is C14H16F2N2O4. The number of nitrogens with zero attached hydrogens (tertiary/aromatic N) is 2. The van der Waals surface area contributed by atoms with Crippen LogP contribution in [0.4, 0.5) is 8.78 Å². The first-order valence-electron chi connectivity index (χ1n) is 6.68. The zero-order valence-electron chi connectivity index (χ0n) is 12.0. The molecule has 0 unspecified atom stereocenters. The number of phenols is 1. The van der Waals surface area contributed by atoms with E-state index >= 15 is 0 Å². The van der Waals surface area contributed by atoms with E-state index in [4.69, 9.17) is 4.74 Å². The van der Waals surface area contributed by atoms with Crippen LogP contribution in [0.1, 0.15) is 10.4 Å². The summed E-state index contributed by atoms with van der Waals surface area (Å²) >= 11 is 0. The Morgan fingerprint density at radius 3 is 2.73 bits per heavy atom. The van der Waals surface area contributed by atoms with Crippen molar-refractivity contribution in [3.8, 4) is 5.75 Å². The van der Waals surface area contributed by atoms with Crippen molar-refractivity contribution in [3.63, 3.8) is 0 Å². The Kier molecular flexibility index (Phi) is 4.92. The van der Waals surface area contributed by atoms with Crippen molar-refractivity contribution in [1.29, 1.82) is 0 Å². The monoisotopic (exact) mass is 314 g/mol. The fourth-order valence-electron chi connectivity index (χ4n) is 2.22. The standard InChI is InChI=1S/C14H16F2N2O4/c1-22-7-6-17-4-5-18(8-11(17)20)14(21)12-9(15)2-3-10(19)13(12)16/h2-3,19H,4-8H2,1H3. The Hall–Kier alpha value is -2.22. The highest BCUT2D eigenvalue weighted by Gasteiger charge is 2.31. The number of amides is 2. The van der Waals surface area contributed by atoms with Gasteiger partial charge in [0.05, 0.1) is 6.61 Å². The van der Waals surface area contributed by atoms with Gasteiger partial charge in [-0.2, -0.15) is 0 Å². The molecule has 0 spiro atoms. The molecule has 0 radical (unpaired) electrons. The van der Waals surface area contributed by atoms with Crippen LogP contribution in [-0.4, -0.2) is 66.6 Å². The molecule has 2 amide bonds. The molecule has 1 aromatic rings. The van der Waals surface area contributed by atoms with E-state index in [1.54, 1.807) is 0 Å². The Morgan fingerprint density at radius 1 is 1.36 bits per heavy atom. The largest absolute Gasteiger partial charge is 0.505 e. The zero-order valence-corrected chi connectivity index (χ0v) is 12.0. The molecule has 1 aromatic carbocycles. The van der Waals surface area contributed by atoms with E-state index in [1.807, 2.05) is 0 Å². The van der Waals surface area contributed by atoms with E-state index in [0.29, 0.717) is 13.2 Å². The summed E-state index contributed by atoms with van der Waals surface area (Å²) in [5.41, 5.74) is -0.849. The number of rotatable bonds is 4. The molecule has 1 heterocycles. The highest BCUT2D eigenvalue weighted by Crippen LogP contribution is 2.23. The van der Waals surface area contributed by atoms with Crippen molar-refractivity contribution in [2.75, 3.05) is 39.9 Å². The summed E-state index contributed by atoms with van der Waals surface area (Å²) in [5.74, 6) is -4.48. The number of ether oxygens (including phenoxy) is 1. The zero-order chi connectivity index (χ0) is 16.3. The van der Waals surface area contributed by atoms with Gasteiger partial charge in [0.2, 0.25) is 5.91 Å². The summed E-state index contributed by atoms with van der Waals surface area (Å²) in [4.78, 5) is 26.7. The summed E-state index contributed by atoms with van der Waals surface area (Å²) in [6.07, 6.45) is 0. The molecule has 0 atom stereocenters. The van der Waals surface area contributed by atoms with Crippen molar-refractivity contribution >= 4 is 11.8 Å². The Morgan fingerprint density at radius 2 is 2.09 bits per heavy atom. The molecule has 1 fully saturated rings. The summed E-state index contributed by atoms with van der Waals surface area (Å²) in [7, 11) is 1.51. The minimum absolute atomic E-state index is 0.156. The van der Waals surface area contributed by atoms with Gasteiger partial charge in [0, 0.05) is 26.7 Å². The number of aromatic hydroxyl groups is 1. The van der Waals surface area contributed by atoms with Gasteiger partial charge >= 0.3 is 0 Å². The average molecular weight is 314 g/mol. The minimum Gasteiger partial charge on any atom is -0.505 e. The summed E-state index contributed by atoms with van der Waals surface area (Å²) in [5, 5.41) is 9.26. The molecule has 0 aliphatic carbocycles. The summed E-state index contributed by atoms with van der Waals surface area (Å²) in [6.45, 7) is 0.914. The topological polar surface area (TPSA) is 70.1 Å². The number of hydrogen-bond donors (Lipinski definition) is 1. The second kappa shape index (κ2) is 6.69. The molecule has 2 rings (SSSR count). The third-order valence-electron chi connectivity index (χ3n) is 3.46. The second-order valence-corrected chi connectivity index (χ2v) is 4.86. The maximum absolute atomic E-state index is 13.8. The van der Waals surface area contributed by atoms with Crippen LogP contribution in [0.3, 0.4) is 0 Å². The molecule has 8 heteroatoms. The van der Waals surface area contributed by atoms with Gasteiger partial charge in [0.15, 0.2) is 11.6 Å². The molecule has 22 heavy (non-hydrogen) atoms. The number of carbonyl (C=O) groups excluding carboxylic acids is 2. The second-order valence-electron chi connectivity index (χ2n) is 4.86. The maximum Gasteiger partial charge on any atom is 0.260 e. The fourth-order valence-corrected chi connectivity index (χ4v) is 2.22. The number of hydrogen-bond acceptors (Lipinski definition) is 4. The van der Waals surface area contributed by atoms with Crippen molar-refractivity contribution in [2.45, 2.75) is 0 Å². The lowest BCUT2D eigenvalue weighted by atomic mass is 10.1. The molecule has 0 saturated carbocycles. The number of methoxy groups -OCH3 is 1. The predicted molar refractivity (Wildman–Crippen MR) is 72.4 cm³/mol. The molecule has 120 valence electrons. The van der Waals surface area contributed by atoms with Crippen molar-refractivity contribution in [3.05, 3.63) is 29.3 Å². The quantitative estimate of drug-likeness (QED) is 0.883. The van der Waals surface area contributed by atoms with Gasteiger partial charge in [0.25, 0.3) is 5.91 Å². The number of piperazine rings is 1. The van der Waals surface area contributed by atoms with Gasteiger partial charge in [-0.3, -0.25) is 9.59 Å². The van der Waals surface area contributed by atoms with Crippen LogP contribution in [0.15, 0.2) is 12.1 Å². The molecule has 1 aliphatic rings. The lowest BCUT2D eigenvalue weighted by Crippen LogP contribution is -2.53. The van der Waals surface area contributed by atoms with Crippen LogP contribution < -0.4 is 0 Å². The van der Waals surface area contributed by atoms with Gasteiger partial charge in [0.1, 0.15) is 17.9 Å². The molecule has 0 aromatic heterocycles. The van der Waals surface area contributed by atoms with E-state index in [2.05, 4.69) is 0 Å². The van der Waals surface area contributed by atoms with Crippen LogP contribution in [0.5, 0.6) is 5.75 Å². The first-order chi connectivity index (χ1) is 10.5. The predicted octanol–water partition coefficient (Wildman–Crippen LogP) is 0.601. The summed E-state index contributed by atoms with van der Waals surface area (Å²) in [6, 6.07) is 1.64. The van der Waals surface area contributed by atoms with E-state index in [0.717, 1.165) is 17.0 Å². The molecule has 1 saturated heterocycles. The van der Waals surface area contributed by atoms with Crippen LogP contribution in [0.2, 0.25) is 0 Å². The van der Waals surface area contributed by atoms with E-state index in [9.17, 15) is 23.5 Å². The van der Waals surface area contributed by atoms with Gasteiger partial charge < -0.3 is 19.6 Å². The summed E-state index contributed by atoms with van der Waals surface area (Å²) < 4.78 is 32.3. The average Bonchev–Trinajstić information content (AvgIpc) is 2.50. The highest BCUT2D eigenvalue weighted by atomic mass is 19.1. The maximum atomic E-state index is 13.8. The Balaban J connectivity index is 2.13. The van der Waals surface area contributed by atoms with E-state index < -0.39 is 28.9 Å². The minimum atomic E-state index is -1.32. The van der Waals surface area contributed by atoms with Crippen molar-refractivity contribution in [2.24, 2.45) is 0 Å². The molecule has 6 nitrogen and oxygen atoms in total. The number of carbonyl (C=O) groups is 2. The molecule has 0 bridgehead atoms. The third kappa shape index (κ3) is 3.16. The van der Waals surface area contributed by atoms with Gasteiger partial charge in [-0.1, -0.05) is 0 Å². The van der Waals surface area contributed by atoms with Crippen LogP contribution in [0.25, 0.3) is 0 Å². The highest BCUT2D eigenvalue weighted by molar-refractivity contribution is 5.97. The van der Waals surface area contributed by atoms with Gasteiger partial charge in [-0.15, -0.1) is 0 Å². The van der Waals surface area contributed by atoms with E-state index in [-0.39, 0.29) is 25.5 Å². The van der Waals surface area contributed by atoms with Crippen LogP contribution in [0, 0.1) is 11.6 Å². The molecular weight excluding hydrogens is 298 g/mol. The van der Waals surface area contributed by atoms with Crippen LogP contribution in [-0.2, 0) is 9.53 Å². The van der Waals surface area contributed by atoms with Crippen LogP contribution >= 0.6 is 0 Å². The molecule has 1 N–H and O–H groups in total. The number of benzene rings is 1. The lowest BCUT2D eigenvalue weighted by molar-refractivity contribution is -0.135. The fraction of sp³-hybridized carbons (Fsp3) is 0.429. The smallest absolute Gasteiger partial charge is 0.260 e. The Bertz CT molecular complexity index is 594.